The zero-order chi connectivity index (χ0) is 25.2. The maximum atomic E-state index is 13.3. The number of halogens is 2. The van der Waals surface area contributed by atoms with E-state index in [0.717, 1.165) is 4.31 Å². The average molecular weight is 529 g/mol. The van der Waals surface area contributed by atoms with Crippen molar-refractivity contribution in [2.75, 3.05) is 29.3 Å². The summed E-state index contributed by atoms with van der Waals surface area (Å²) in [5.41, 5.74) is 1.29. The van der Waals surface area contributed by atoms with Gasteiger partial charge in [-0.05, 0) is 55.3 Å². The first kappa shape index (κ1) is 25.6. The third kappa shape index (κ3) is 5.37. The molecule has 1 unspecified atom stereocenters. The lowest BCUT2D eigenvalue weighted by molar-refractivity contribution is -0.135. The molecule has 10 nitrogen and oxygen atoms in total. The molecule has 3 rings (SSSR count). The molecule has 0 bridgehead atoms. The molecule has 1 aliphatic rings. The normalized spacial score (nSPS) is 13.7. The highest BCUT2D eigenvalue weighted by Crippen LogP contribution is 2.34. The molecule has 2 aromatic carbocycles. The molecule has 0 saturated carbocycles. The summed E-state index contributed by atoms with van der Waals surface area (Å²) >= 11 is 11.9. The molecule has 1 heterocycles. The van der Waals surface area contributed by atoms with Crippen molar-refractivity contribution in [3.05, 3.63) is 52.0 Å². The Kier molecular flexibility index (Phi) is 7.59. The van der Waals surface area contributed by atoms with Gasteiger partial charge in [-0.15, -0.1) is 0 Å². The molecular weight excluding hydrogens is 507 g/mol. The van der Waals surface area contributed by atoms with E-state index in [9.17, 15) is 27.9 Å². The first-order valence-corrected chi connectivity index (χ1v) is 12.3. The van der Waals surface area contributed by atoms with Crippen molar-refractivity contribution >= 4 is 62.5 Å². The van der Waals surface area contributed by atoms with Crippen molar-refractivity contribution in [1.82, 2.24) is 10.6 Å². The zero-order valence-electron chi connectivity index (χ0n) is 18.2. The second-order valence-electron chi connectivity index (χ2n) is 7.51. The number of carbonyl (C=O) groups is 3. The van der Waals surface area contributed by atoms with E-state index in [-0.39, 0.29) is 26.5 Å². The van der Waals surface area contributed by atoms with Crippen LogP contribution < -0.4 is 19.8 Å². The fourth-order valence-corrected chi connectivity index (χ4v) is 5.68. The number of aliphatic carboxylic acids is 1. The number of sulfonamides is 1. The Balaban J connectivity index is 1.94. The smallest absolute Gasteiger partial charge is 0.324 e. The van der Waals surface area contributed by atoms with E-state index in [1.807, 2.05) is 0 Å². The van der Waals surface area contributed by atoms with Gasteiger partial charge in [0.2, 0.25) is 5.91 Å². The monoisotopic (exact) mass is 528 g/mol. The Hall–Kier alpha value is -3.02. The van der Waals surface area contributed by atoms with Gasteiger partial charge in [0.15, 0.2) is 0 Å². The first-order valence-electron chi connectivity index (χ1n) is 10.1. The van der Waals surface area contributed by atoms with Gasteiger partial charge in [-0.2, -0.15) is 0 Å². The number of carboxylic acids is 1. The molecule has 1 atom stereocenters. The predicted octanol–water partition coefficient (Wildman–Crippen LogP) is 2.48. The van der Waals surface area contributed by atoms with Gasteiger partial charge < -0.3 is 15.7 Å². The van der Waals surface area contributed by atoms with Gasteiger partial charge in [-0.3, -0.25) is 18.8 Å². The molecular formula is C21H22Cl2N4O6S. The highest BCUT2D eigenvalue weighted by molar-refractivity contribution is 7.92. The van der Waals surface area contributed by atoms with Crippen LogP contribution in [0.4, 0.5) is 16.2 Å². The van der Waals surface area contributed by atoms with E-state index < -0.39 is 34.6 Å². The summed E-state index contributed by atoms with van der Waals surface area (Å²) in [5.74, 6) is -1.71. The van der Waals surface area contributed by atoms with Crippen molar-refractivity contribution < 1.29 is 27.9 Å². The fraction of sp³-hybridized carbons (Fsp3) is 0.286. The van der Waals surface area contributed by atoms with Crippen LogP contribution in [0.3, 0.4) is 0 Å². The molecule has 13 heteroatoms. The number of nitrogens with one attached hydrogen (secondary N) is 2. The van der Waals surface area contributed by atoms with Crippen LogP contribution >= 0.6 is 23.2 Å². The van der Waals surface area contributed by atoms with Gasteiger partial charge in [0.1, 0.15) is 12.6 Å². The molecule has 182 valence electrons. The number of likely N-dealkylation sites (N-methyl/N-ethyl adjacent to an activating group) is 1. The van der Waals surface area contributed by atoms with Crippen LogP contribution in [0.2, 0.25) is 10.0 Å². The van der Waals surface area contributed by atoms with E-state index in [0.29, 0.717) is 24.2 Å². The van der Waals surface area contributed by atoms with Crippen molar-refractivity contribution in [1.29, 1.82) is 0 Å². The number of hydrogen-bond acceptors (Lipinski definition) is 5. The topological polar surface area (TPSA) is 136 Å². The Morgan fingerprint density at radius 2 is 1.79 bits per heavy atom. The van der Waals surface area contributed by atoms with Crippen molar-refractivity contribution in [2.45, 2.75) is 24.3 Å². The minimum Gasteiger partial charge on any atom is -0.480 e. The van der Waals surface area contributed by atoms with Gasteiger partial charge in [-0.1, -0.05) is 23.2 Å². The number of fused-ring (bicyclic) bond motifs is 1. The predicted molar refractivity (Wildman–Crippen MR) is 128 cm³/mol. The van der Waals surface area contributed by atoms with Gasteiger partial charge in [0, 0.05) is 29.3 Å². The third-order valence-electron chi connectivity index (χ3n) is 5.17. The largest absolute Gasteiger partial charge is 0.480 e. The zero-order valence-corrected chi connectivity index (χ0v) is 20.5. The first-order chi connectivity index (χ1) is 15.9. The third-order valence-corrected chi connectivity index (χ3v) is 7.36. The van der Waals surface area contributed by atoms with Gasteiger partial charge in [-0.25, -0.2) is 13.2 Å². The van der Waals surface area contributed by atoms with E-state index in [1.54, 1.807) is 6.92 Å². The molecule has 0 saturated heterocycles. The lowest BCUT2D eigenvalue weighted by atomic mass is 10.1. The summed E-state index contributed by atoms with van der Waals surface area (Å²) in [7, 11) is -2.86. The summed E-state index contributed by atoms with van der Waals surface area (Å²) in [6.45, 7) is 1.02. The Morgan fingerprint density at radius 1 is 1.15 bits per heavy atom. The number of benzene rings is 2. The maximum Gasteiger partial charge on any atom is 0.324 e. The van der Waals surface area contributed by atoms with E-state index >= 15 is 0 Å². The molecule has 0 fully saturated rings. The number of rotatable bonds is 7. The fourth-order valence-electron chi connectivity index (χ4n) is 3.54. The lowest BCUT2D eigenvalue weighted by Gasteiger charge is -2.24. The van der Waals surface area contributed by atoms with E-state index in [1.165, 1.54) is 48.3 Å². The average Bonchev–Trinajstić information content (AvgIpc) is 3.19. The van der Waals surface area contributed by atoms with Crippen LogP contribution in [-0.2, 0) is 26.0 Å². The minimum absolute atomic E-state index is 0.0861. The van der Waals surface area contributed by atoms with Crippen molar-refractivity contribution in [3.63, 3.8) is 0 Å². The number of carbonyl (C=O) groups excluding carboxylic acids is 2. The molecule has 2 aromatic rings. The summed E-state index contributed by atoms with van der Waals surface area (Å²) in [5, 5.41) is 14.6. The van der Waals surface area contributed by atoms with Crippen LogP contribution in [0.15, 0.2) is 41.3 Å². The lowest BCUT2D eigenvalue weighted by Crippen LogP contribution is -2.49. The van der Waals surface area contributed by atoms with E-state index in [2.05, 4.69) is 10.6 Å². The molecule has 3 N–H and O–H groups in total. The molecule has 0 spiro atoms. The van der Waals surface area contributed by atoms with Crippen LogP contribution in [0, 0.1) is 0 Å². The van der Waals surface area contributed by atoms with Gasteiger partial charge >= 0.3 is 12.0 Å². The van der Waals surface area contributed by atoms with Crippen molar-refractivity contribution in [2.24, 2.45) is 0 Å². The standard InChI is InChI=1S/C21H22Cl2N4O6S/c1-12(20(30)24-2)25-21(31)26-6-5-13-7-16(3-4-18(13)26)27(11-19(28)29)34(32,33)17-9-14(22)8-15(23)10-17/h3-4,7-10,12H,5-6,11H2,1-2H3,(H,24,30)(H,25,31)(H,28,29). The SMILES string of the molecule is CNC(=O)C(C)NC(=O)N1CCc2cc(N(CC(=O)O)S(=O)(=O)c3cc(Cl)cc(Cl)c3)ccc21. The van der Waals surface area contributed by atoms with Gasteiger partial charge in [0.25, 0.3) is 10.0 Å². The molecule has 3 amide bonds. The molecule has 0 aromatic heterocycles. The molecule has 34 heavy (non-hydrogen) atoms. The van der Waals surface area contributed by atoms with Crippen LogP contribution in [0.25, 0.3) is 0 Å². The number of hydrogen-bond donors (Lipinski definition) is 3. The van der Waals surface area contributed by atoms with E-state index in [4.69, 9.17) is 23.2 Å². The van der Waals surface area contributed by atoms with Crippen molar-refractivity contribution in [3.8, 4) is 0 Å². The number of carboxylic acid groups (broad SMARTS) is 1. The van der Waals surface area contributed by atoms with Gasteiger partial charge in [0.05, 0.1) is 10.6 Å². The summed E-state index contributed by atoms with van der Waals surface area (Å²) in [6.07, 6.45) is 0.412. The molecule has 1 aliphatic heterocycles. The molecule has 0 radical (unpaired) electrons. The summed E-state index contributed by atoms with van der Waals surface area (Å²) in [6, 6.07) is 6.99. The minimum atomic E-state index is -4.32. The van der Waals surface area contributed by atoms with Crippen LogP contribution in [0.5, 0.6) is 0 Å². The highest BCUT2D eigenvalue weighted by Gasteiger charge is 2.31. The number of nitrogens with zero attached hydrogens (tertiary/aromatic N) is 2. The second-order valence-corrected chi connectivity index (χ2v) is 10.2. The highest BCUT2D eigenvalue weighted by atomic mass is 35.5. The molecule has 0 aliphatic carbocycles. The number of amides is 3. The Labute approximate surface area is 206 Å². The number of anilines is 2. The second kappa shape index (κ2) is 10.1. The van der Waals surface area contributed by atoms with Crippen LogP contribution in [-0.4, -0.2) is 57.6 Å². The Bertz CT molecular complexity index is 1230. The van der Waals surface area contributed by atoms with Crippen LogP contribution in [0.1, 0.15) is 12.5 Å². The summed E-state index contributed by atoms with van der Waals surface area (Å²) in [4.78, 5) is 37.0. The number of urea groups is 1. The maximum absolute atomic E-state index is 13.3. The summed E-state index contributed by atoms with van der Waals surface area (Å²) < 4.78 is 27.3. The quantitative estimate of drug-likeness (QED) is 0.504. The Morgan fingerprint density at radius 3 is 2.38 bits per heavy atom.